The highest BCUT2D eigenvalue weighted by atomic mass is 79.9. The molecule has 1 aromatic rings. The molecule has 1 unspecified atom stereocenters. The van der Waals surface area contributed by atoms with Crippen LogP contribution in [-0.4, -0.2) is 34.0 Å². The second-order valence-corrected chi connectivity index (χ2v) is 5.25. The van der Waals surface area contributed by atoms with Gasteiger partial charge < -0.3 is 10.4 Å². The third-order valence-corrected chi connectivity index (χ3v) is 4.03. The Kier molecular flexibility index (Phi) is 5.35. The average molecular weight is 292 g/mol. The number of aliphatic hydroxyl groups excluding tert-OH is 1. The third kappa shape index (κ3) is 3.62. The largest absolute Gasteiger partial charge is 0.396 e. The van der Waals surface area contributed by atoms with Crippen molar-refractivity contribution in [1.82, 2.24) is 9.97 Å². The molecule has 1 aromatic heterocycles. The summed E-state index contributed by atoms with van der Waals surface area (Å²) in [6, 6.07) is 0. The van der Waals surface area contributed by atoms with Crippen LogP contribution in [0, 0.1) is 0 Å². The van der Waals surface area contributed by atoms with Gasteiger partial charge in [-0.25, -0.2) is 9.97 Å². The summed E-state index contributed by atoms with van der Waals surface area (Å²) in [6.07, 6.45) is 2.29. The minimum atomic E-state index is 0.204. The number of rotatable bonds is 5. The van der Waals surface area contributed by atoms with E-state index in [1.165, 1.54) is 6.33 Å². The SMILES string of the molecule is CNc1ncnc(SC(C)CCO)c1Br. The first-order valence-corrected chi connectivity index (χ1v) is 6.32. The highest BCUT2D eigenvalue weighted by Crippen LogP contribution is 2.32. The number of nitrogens with one attached hydrogen (secondary N) is 1. The van der Waals surface area contributed by atoms with E-state index in [4.69, 9.17) is 5.11 Å². The van der Waals surface area contributed by atoms with E-state index in [2.05, 4.69) is 38.1 Å². The van der Waals surface area contributed by atoms with E-state index in [1.54, 1.807) is 11.8 Å². The smallest absolute Gasteiger partial charge is 0.144 e. The molecule has 0 aliphatic heterocycles. The molecule has 0 aromatic carbocycles. The quantitative estimate of drug-likeness (QED) is 0.643. The van der Waals surface area contributed by atoms with Crippen molar-refractivity contribution in [1.29, 1.82) is 0 Å². The van der Waals surface area contributed by atoms with Crippen molar-refractivity contribution in [3.05, 3.63) is 10.8 Å². The van der Waals surface area contributed by atoms with Crippen LogP contribution in [0.1, 0.15) is 13.3 Å². The number of hydrogen-bond donors (Lipinski definition) is 2. The van der Waals surface area contributed by atoms with Gasteiger partial charge in [-0.05, 0) is 22.4 Å². The Morgan fingerprint density at radius 1 is 1.60 bits per heavy atom. The van der Waals surface area contributed by atoms with E-state index in [0.29, 0.717) is 5.25 Å². The summed E-state index contributed by atoms with van der Waals surface area (Å²) >= 11 is 5.08. The van der Waals surface area contributed by atoms with Crippen molar-refractivity contribution in [2.24, 2.45) is 0 Å². The van der Waals surface area contributed by atoms with Gasteiger partial charge in [-0.3, -0.25) is 0 Å². The first-order chi connectivity index (χ1) is 7.19. The maximum absolute atomic E-state index is 8.81. The normalized spacial score (nSPS) is 12.5. The van der Waals surface area contributed by atoms with E-state index >= 15 is 0 Å². The predicted octanol–water partition coefficient (Wildman–Crippen LogP) is 2.14. The molecular weight excluding hydrogens is 278 g/mol. The van der Waals surface area contributed by atoms with E-state index in [9.17, 15) is 0 Å². The Hall–Kier alpha value is -0.330. The minimum Gasteiger partial charge on any atom is -0.396 e. The Morgan fingerprint density at radius 2 is 2.33 bits per heavy atom. The van der Waals surface area contributed by atoms with Gasteiger partial charge in [-0.15, -0.1) is 11.8 Å². The molecule has 2 N–H and O–H groups in total. The van der Waals surface area contributed by atoms with Crippen LogP contribution in [0.25, 0.3) is 0 Å². The summed E-state index contributed by atoms with van der Waals surface area (Å²) in [5.74, 6) is 0.781. The van der Waals surface area contributed by atoms with Crippen molar-refractivity contribution >= 4 is 33.5 Å². The monoisotopic (exact) mass is 291 g/mol. The molecular formula is C9H14BrN3OS. The fourth-order valence-corrected chi connectivity index (χ4v) is 2.64. The summed E-state index contributed by atoms with van der Waals surface area (Å²) in [4.78, 5) is 8.27. The molecule has 0 aliphatic rings. The van der Waals surface area contributed by atoms with Gasteiger partial charge >= 0.3 is 0 Å². The standard InChI is InChI=1S/C9H14BrN3OS/c1-6(3-4-14)15-9-7(10)8(11-2)12-5-13-9/h5-6,14H,3-4H2,1-2H3,(H,11,12,13). The minimum absolute atomic E-state index is 0.204. The number of anilines is 1. The van der Waals surface area contributed by atoms with E-state index in [0.717, 1.165) is 21.7 Å². The summed E-state index contributed by atoms with van der Waals surface area (Å²) in [5, 5.41) is 13.0. The highest BCUT2D eigenvalue weighted by molar-refractivity contribution is 9.10. The number of halogens is 1. The molecule has 84 valence electrons. The molecule has 6 heteroatoms. The van der Waals surface area contributed by atoms with Crippen molar-refractivity contribution in [2.45, 2.75) is 23.6 Å². The summed E-state index contributed by atoms with van der Waals surface area (Å²) in [6.45, 7) is 2.27. The van der Waals surface area contributed by atoms with E-state index in [-0.39, 0.29) is 6.61 Å². The first kappa shape index (κ1) is 12.7. The number of nitrogens with zero attached hydrogens (tertiary/aromatic N) is 2. The van der Waals surface area contributed by atoms with Crippen LogP contribution < -0.4 is 5.32 Å². The Morgan fingerprint density at radius 3 is 2.93 bits per heavy atom. The van der Waals surface area contributed by atoms with Gasteiger partial charge in [0.2, 0.25) is 0 Å². The molecule has 0 spiro atoms. The first-order valence-electron chi connectivity index (χ1n) is 4.64. The van der Waals surface area contributed by atoms with E-state index < -0.39 is 0 Å². The van der Waals surface area contributed by atoms with Crippen LogP contribution in [0.3, 0.4) is 0 Å². The fraction of sp³-hybridized carbons (Fsp3) is 0.556. The lowest BCUT2D eigenvalue weighted by molar-refractivity contribution is 0.289. The molecule has 0 fully saturated rings. The number of aromatic nitrogens is 2. The van der Waals surface area contributed by atoms with Crippen LogP contribution in [0.5, 0.6) is 0 Å². The zero-order valence-electron chi connectivity index (χ0n) is 8.70. The molecule has 0 saturated carbocycles. The number of hydrogen-bond acceptors (Lipinski definition) is 5. The van der Waals surface area contributed by atoms with Gasteiger partial charge in [0.25, 0.3) is 0 Å². The van der Waals surface area contributed by atoms with E-state index in [1.807, 2.05) is 7.05 Å². The van der Waals surface area contributed by atoms with Gasteiger partial charge in [-0.1, -0.05) is 6.92 Å². The molecule has 1 heterocycles. The molecule has 4 nitrogen and oxygen atoms in total. The zero-order chi connectivity index (χ0) is 11.3. The summed E-state index contributed by atoms with van der Waals surface area (Å²) in [7, 11) is 1.82. The van der Waals surface area contributed by atoms with Crippen LogP contribution >= 0.6 is 27.7 Å². The predicted molar refractivity (Wildman–Crippen MR) is 66.3 cm³/mol. The average Bonchev–Trinajstić information content (AvgIpc) is 2.21. The lowest BCUT2D eigenvalue weighted by atomic mass is 10.3. The van der Waals surface area contributed by atoms with Crippen LogP contribution in [0.4, 0.5) is 5.82 Å². The molecule has 0 bridgehead atoms. The Balaban J connectivity index is 2.76. The molecule has 0 saturated heterocycles. The lowest BCUT2D eigenvalue weighted by Crippen LogP contribution is -2.02. The summed E-state index contributed by atoms with van der Waals surface area (Å²) in [5.41, 5.74) is 0. The van der Waals surface area contributed by atoms with Crippen molar-refractivity contribution in [3.63, 3.8) is 0 Å². The van der Waals surface area contributed by atoms with Gasteiger partial charge in [0.05, 0.1) is 4.47 Å². The van der Waals surface area contributed by atoms with Crippen molar-refractivity contribution in [2.75, 3.05) is 19.0 Å². The van der Waals surface area contributed by atoms with Crippen molar-refractivity contribution < 1.29 is 5.11 Å². The Labute approximate surface area is 102 Å². The zero-order valence-corrected chi connectivity index (χ0v) is 11.1. The van der Waals surface area contributed by atoms with Gasteiger partial charge in [0.1, 0.15) is 17.2 Å². The molecule has 1 rings (SSSR count). The van der Waals surface area contributed by atoms with Gasteiger partial charge in [-0.2, -0.15) is 0 Å². The molecule has 1 atom stereocenters. The third-order valence-electron chi connectivity index (χ3n) is 1.84. The molecule has 0 amide bonds. The molecule has 0 radical (unpaired) electrons. The molecule has 0 aliphatic carbocycles. The van der Waals surface area contributed by atoms with Crippen molar-refractivity contribution in [3.8, 4) is 0 Å². The topological polar surface area (TPSA) is 58.0 Å². The van der Waals surface area contributed by atoms with Crippen LogP contribution in [-0.2, 0) is 0 Å². The molecule has 15 heavy (non-hydrogen) atoms. The van der Waals surface area contributed by atoms with Crippen LogP contribution in [0.2, 0.25) is 0 Å². The Bertz CT molecular complexity index is 324. The second-order valence-electron chi connectivity index (χ2n) is 3.03. The van der Waals surface area contributed by atoms with Gasteiger partial charge in [0.15, 0.2) is 0 Å². The lowest BCUT2D eigenvalue weighted by Gasteiger charge is -2.11. The second kappa shape index (κ2) is 6.30. The fourth-order valence-electron chi connectivity index (χ4n) is 1.04. The van der Waals surface area contributed by atoms with Gasteiger partial charge in [0, 0.05) is 18.9 Å². The maximum atomic E-state index is 8.81. The highest BCUT2D eigenvalue weighted by Gasteiger charge is 2.11. The maximum Gasteiger partial charge on any atom is 0.144 e. The number of thioether (sulfide) groups is 1. The van der Waals surface area contributed by atoms with Crippen LogP contribution in [0.15, 0.2) is 15.8 Å². The summed E-state index contributed by atoms with van der Waals surface area (Å²) < 4.78 is 0.877. The number of aliphatic hydroxyl groups is 1.